The van der Waals surface area contributed by atoms with Gasteiger partial charge in [0.05, 0.1) is 13.2 Å². The molecule has 0 saturated carbocycles. The third-order valence-corrected chi connectivity index (χ3v) is 2.09. The van der Waals surface area contributed by atoms with Gasteiger partial charge in [0, 0.05) is 19.6 Å². The van der Waals surface area contributed by atoms with Crippen molar-refractivity contribution >= 4 is 0 Å². The topological polar surface area (TPSA) is 27.7 Å². The Morgan fingerprint density at radius 1 is 1.12 bits per heavy atom. The molecule has 0 heterocycles. The van der Waals surface area contributed by atoms with E-state index in [-0.39, 0.29) is 6.29 Å². The van der Waals surface area contributed by atoms with Crippen molar-refractivity contribution in [2.75, 3.05) is 26.4 Å². The molecule has 0 fully saturated rings. The maximum Gasteiger partial charge on any atom is 0.159 e. The lowest BCUT2D eigenvalue weighted by Crippen LogP contribution is -2.19. The van der Waals surface area contributed by atoms with Gasteiger partial charge in [0.1, 0.15) is 0 Å². The number of allylic oxidation sites excluding steroid dienone is 1. The van der Waals surface area contributed by atoms with Gasteiger partial charge in [-0.2, -0.15) is 0 Å². The molecule has 3 nitrogen and oxygen atoms in total. The molecule has 0 aliphatic rings. The largest absolute Gasteiger partial charge is 0.377 e. The van der Waals surface area contributed by atoms with Gasteiger partial charge in [-0.1, -0.05) is 18.6 Å². The van der Waals surface area contributed by atoms with Crippen LogP contribution in [0.5, 0.6) is 0 Å². The summed E-state index contributed by atoms with van der Waals surface area (Å²) in [6, 6.07) is 0. The summed E-state index contributed by atoms with van der Waals surface area (Å²) in [6.07, 6.45) is 3.92. The number of rotatable bonds is 10. The Morgan fingerprint density at radius 2 is 1.75 bits per heavy atom. The van der Waals surface area contributed by atoms with E-state index in [9.17, 15) is 0 Å². The fraction of sp³-hybridized carbons (Fsp3) is 0.846. The van der Waals surface area contributed by atoms with Crippen LogP contribution in [-0.4, -0.2) is 32.7 Å². The van der Waals surface area contributed by atoms with Crippen molar-refractivity contribution < 1.29 is 14.2 Å². The predicted octanol–water partition coefficient (Wildman–Crippen LogP) is 3.15. The monoisotopic (exact) mass is 230 g/mol. The maximum atomic E-state index is 5.54. The Bertz CT molecular complexity index is 172. The van der Waals surface area contributed by atoms with Gasteiger partial charge in [-0.25, -0.2) is 0 Å². The minimum atomic E-state index is -0.120. The van der Waals surface area contributed by atoms with Crippen molar-refractivity contribution in [3.8, 4) is 0 Å². The summed E-state index contributed by atoms with van der Waals surface area (Å²) in [5.74, 6) is 0. The van der Waals surface area contributed by atoms with Gasteiger partial charge in [0.25, 0.3) is 0 Å². The van der Waals surface area contributed by atoms with Gasteiger partial charge in [-0.15, -0.1) is 0 Å². The number of ether oxygens (including phenoxy) is 3. The van der Waals surface area contributed by atoms with Gasteiger partial charge in [0.2, 0.25) is 0 Å². The molecule has 0 rings (SSSR count). The summed E-state index contributed by atoms with van der Waals surface area (Å²) in [4.78, 5) is 0. The number of hydrogen-bond donors (Lipinski definition) is 0. The van der Waals surface area contributed by atoms with Crippen LogP contribution < -0.4 is 0 Å². The van der Waals surface area contributed by atoms with Crippen LogP contribution in [0, 0.1) is 0 Å². The average molecular weight is 230 g/mol. The van der Waals surface area contributed by atoms with Crippen LogP contribution in [0.25, 0.3) is 0 Å². The van der Waals surface area contributed by atoms with E-state index in [1.54, 1.807) is 0 Å². The molecule has 0 spiro atoms. The fourth-order valence-electron chi connectivity index (χ4n) is 1.41. The van der Waals surface area contributed by atoms with Gasteiger partial charge in [0.15, 0.2) is 6.29 Å². The molecule has 0 N–H and O–H groups in total. The van der Waals surface area contributed by atoms with Crippen molar-refractivity contribution in [1.82, 2.24) is 0 Å². The number of hydrogen-bond acceptors (Lipinski definition) is 3. The zero-order chi connectivity index (χ0) is 12.2. The summed E-state index contributed by atoms with van der Waals surface area (Å²) in [5.41, 5.74) is 1.28. The lowest BCUT2D eigenvalue weighted by molar-refractivity contribution is -0.146. The summed E-state index contributed by atoms with van der Waals surface area (Å²) < 4.78 is 16.4. The zero-order valence-electron chi connectivity index (χ0n) is 11.1. The van der Waals surface area contributed by atoms with Gasteiger partial charge < -0.3 is 14.2 Å². The first-order chi connectivity index (χ1) is 7.74. The van der Waals surface area contributed by atoms with E-state index in [0.29, 0.717) is 26.4 Å². The van der Waals surface area contributed by atoms with Crippen LogP contribution in [0.4, 0.5) is 0 Å². The predicted molar refractivity (Wildman–Crippen MR) is 66.5 cm³/mol. The van der Waals surface area contributed by atoms with E-state index in [4.69, 9.17) is 14.2 Å². The van der Waals surface area contributed by atoms with E-state index < -0.39 is 0 Å². The molecule has 16 heavy (non-hydrogen) atoms. The molecule has 0 bridgehead atoms. The van der Waals surface area contributed by atoms with Gasteiger partial charge in [-0.05, 0) is 27.2 Å². The molecule has 0 aromatic rings. The Morgan fingerprint density at radius 3 is 2.25 bits per heavy atom. The first kappa shape index (κ1) is 15.6. The quantitative estimate of drug-likeness (QED) is 0.328. The molecule has 0 aliphatic carbocycles. The average Bonchev–Trinajstić information content (AvgIpc) is 2.25. The SMILES string of the molecule is CCC=C(C)COCCC(OCC)OCC. The Kier molecular flexibility index (Phi) is 10.9. The third kappa shape index (κ3) is 8.89. The Hall–Kier alpha value is -0.380. The zero-order valence-corrected chi connectivity index (χ0v) is 11.1. The first-order valence-electron chi connectivity index (χ1n) is 6.21. The molecule has 0 aromatic carbocycles. The highest BCUT2D eigenvalue weighted by Gasteiger charge is 2.06. The van der Waals surface area contributed by atoms with Crippen LogP contribution in [0.2, 0.25) is 0 Å². The van der Waals surface area contributed by atoms with Crippen LogP contribution in [0.1, 0.15) is 40.5 Å². The molecule has 96 valence electrons. The smallest absolute Gasteiger partial charge is 0.159 e. The van der Waals surface area contributed by atoms with E-state index in [1.807, 2.05) is 13.8 Å². The molecule has 0 aromatic heterocycles. The minimum Gasteiger partial charge on any atom is -0.377 e. The lowest BCUT2D eigenvalue weighted by atomic mass is 10.3. The highest BCUT2D eigenvalue weighted by molar-refractivity contribution is 4.97. The summed E-state index contributed by atoms with van der Waals surface area (Å²) in [6.45, 7) is 10.9. The highest BCUT2D eigenvalue weighted by atomic mass is 16.7. The van der Waals surface area contributed by atoms with Crippen molar-refractivity contribution in [1.29, 1.82) is 0 Å². The maximum absolute atomic E-state index is 5.54. The first-order valence-corrected chi connectivity index (χ1v) is 6.21. The van der Waals surface area contributed by atoms with Crippen molar-refractivity contribution in [2.45, 2.75) is 46.8 Å². The van der Waals surface area contributed by atoms with Gasteiger partial charge in [-0.3, -0.25) is 0 Å². The third-order valence-electron chi connectivity index (χ3n) is 2.09. The molecular formula is C13H26O3. The second-order valence-electron chi connectivity index (χ2n) is 3.64. The van der Waals surface area contributed by atoms with Crippen LogP contribution >= 0.6 is 0 Å². The molecule has 0 saturated heterocycles. The summed E-state index contributed by atoms with van der Waals surface area (Å²) in [5, 5.41) is 0. The van der Waals surface area contributed by atoms with E-state index in [1.165, 1.54) is 5.57 Å². The molecule has 3 heteroatoms. The Balaban J connectivity index is 3.57. The molecule has 0 aliphatic heterocycles. The molecule has 0 unspecified atom stereocenters. The standard InChI is InChI=1S/C13H26O3/c1-5-8-12(4)11-14-10-9-13(15-6-2)16-7-3/h8,13H,5-7,9-11H2,1-4H3. The lowest BCUT2D eigenvalue weighted by Gasteiger charge is -2.16. The normalized spacial score (nSPS) is 12.4. The Labute approximate surface area is 99.8 Å². The fourth-order valence-corrected chi connectivity index (χ4v) is 1.41. The van der Waals surface area contributed by atoms with Crippen LogP contribution in [0.3, 0.4) is 0 Å². The van der Waals surface area contributed by atoms with Crippen LogP contribution in [0.15, 0.2) is 11.6 Å². The van der Waals surface area contributed by atoms with Crippen LogP contribution in [-0.2, 0) is 14.2 Å². The second kappa shape index (κ2) is 11.1. The van der Waals surface area contributed by atoms with E-state index in [0.717, 1.165) is 12.8 Å². The minimum absolute atomic E-state index is 0.120. The summed E-state index contributed by atoms with van der Waals surface area (Å²) in [7, 11) is 0. The molecule has 0 radical (unpaired) electrons. The van der Waals surface area contributed by atoms with Crippen molar-refractivity contribution in [3.63, 3.8) is 0 Å². The van der Waals surface area contributed by atoms with Crippen molar-refractivity contribution in [3.05, 3.63) is 11.6 Å². The second-order valence-corrected chi connectivity index (χ2v) is 3.64. The molecule has 0 atom stereocenters. The summed E-state index contributed by atoms with van der Waals surface area (Å²) >= 11 is 0. The molecular weight excluding hydrogens is 204 g/mol. The van der Waals surface area contributed by atoms with Crippen molar-refractivity contribution in [2.24, 2.45) is 0 Å². The molecule has 0 amide bonds. The highest BCUT2D eigenvalue weighted by Crippen LogP contribution is 2.03. The van der Waals surface area contributed by atoms with E-state index >= 15 is 0 Å². The van der Waals surface area contributed by atoms with E-state index in [2.05, 4.69) is 19.9 Å². The van der Waals surface area contributed by atoms with Gasteiger partial charge >= 0.3 is 0 Å².